The maximum atomic E-state index is 13.1. The second-order valence-electron chi connectivity index (χ2n) is 16.0. The second kappa shape index (κ2) is 28.4. The minimum absolute atomic E-state index is 0.0123. The van der Waals surface area contributed by atoms with E-state index in [0.717, 1.165) is 102 Å². The van der Waals surface area contributed by atoms with Gasteiger partial charge < -0.3 is 40.1 Å². The number of nitrogens with zero attached hydrogens (tertiary/aromatic N) is 4. The van der Waals surface area contributed by atoms with Crippen LogP contribution in [0.25, 0.3) is 11.0 Å². The van der Waals surface area contributed by atoms with Crippen molar-refractivity contribution >= 4 is 28.7 Å². The maximum Gasteiger partial charge on any atom is 0.407 e. The van der Waals surface area contributed by atoms with Crippen LogP contribution in [0.2, 0.25) is 0 Å². The molecule has 0 spiro atoms. The molecule has 1 aromatic carbocycles. The lowest BCUT2D eigenvalue weighted by molar-refractivity contribution is -0.122. The highest BCUT2D eigenvalue weighted by molar-refractivity contribution is 5.84. The fourth-order valence-electron chi connectivity index (χ4n) is 6.72. The molecule has 0 aliphatic carbocycles. The van der Waals surface area contributed by atoms with Crippen molar-refractivity contribution in [1.29, 1.82) is 0 Å². The average Bonchev–Trinajstić information content (AvgIpc) is 3.65. The van der Waals surface area contributed by atoms with Gasteiger partial charge in [0.2, 0.25) is 5.91 Å². The van der Waals surface area contributed by atoms with Crippen LogP contribution in [0.15, 0.2) is 39.7 Å². The third-order valence-electron chi connectivity index (χ3n) is 9.91. The first-order chi connectivity index (χ1) is 28.1. The van der Waals surface area contributed by atoms with Gasteiger partial charge in [-0.25, -0.2) is 9.59 Å². The van der Waals surface area contributed by atoms with Crippen LogP contribution < -0.4 is 31.8 Å². The van der Waals surface area contributed by atoms with Gasteiger partial charge in [-0.15, -0.1) is 5.10 Å². The van der Waals surface area contributed by atoms with Gasteiger partial charge in [0.25, 0.3) is 0 Å². The molecule has 0 bridgehead atoms. The lowest BCUT2D eigenvalue weighted by Gasteiger charge is -2.22. The number of fused-ring (bicyclic) bond motifs is 1. The minimum atomic E-state index is -0.688. The lowest BCUT2D eigenvalue weighted by Crippen LogP contribution is -2.27. The zero-order valence-electron chi connectivity index (χ0n) is 36.4. The van der Waals surface area contributed by atoms with E-state index in [1.54, 1.807) is 4.68 Å². The maximum absolute atomic E-state index is 13.1. The number of anilines is 1. The molecular weight excluding hydrogens is 737 g/mol. The van der Waals surface area contributed by atoms with Crippen LogP contribution in [0.5, 0.6) is 0 Å². The molecule has 2 heterocycles. The van der Waals surface area contributed by atoms with Crippen LogP contribution in [0, 0.1) is 11.8 Å². The smallest absolute Gasteiger partial charge is 0.407 e. The van der Waals surface area contributed by atoms with E-state index >= 15 is 0 Å². The normalized spacial score (nSPS) is 12.1. The van der Waals surface area contributed by atoms with Gasteiger partial charge in [-0.05, 0) is 103 Å². The summed E-state index contributed by atoms with van der Waals surface area (Å²) in [4.78, 5) is 40.4. The van der Waals surface area contributed by atoms with Gasteiger partial charge in [0, 0.05) is 67.9 Å². The number of carbonyl (C=O) groups is 2. The number of carbonyl (C=O) groups excluding carboxylic acids is 2. The first-order valence-corrected chi connectivity index (χ1v) is 22.0. The summed E-state index contributed by atoms with van der Waals surface area (Å²) in [7, 11) is 0. The molecule has 58 heavy (non-hydrogen) atoms. The quantitative estimate of drug-likeness (QED) is 0.0375. The second-order valence-corrected chi connectivity index (χ2v) is 16.0. The number of unbranched alkanes of at least 4 members (excludes halogenated alkanes) is 6. The average molecular weight is 811 g/mol. The molecule has 0 fully saturated rings. The van der Waals surface area contributed by atoms with Crippen molar-refractivity contribution in [3.05, 3.63) is 52.1 Å². The van der Waals surface area contributed by atoms with Gasteiger partial charge in [-0.3, -0.25) is 9.48 Å². The molecule has 3 aromatic rings. The molecule has 14 nitrogen and oxygen atoms in total. The molecule has 0 saturated carbocycles. The van der Waals surface area contributed by atoms with Crippen LogP contribution in [0.1, 0.15) is 130 Å². The third kappa shape index (κ3) is 19.6. The highest BCUT2D eigenvalue weighted by atomic mass is 16.6. The number of hydrogen-bond donors (Lipinski definition) is 4. The Bertz CT molecular complexity index is 1640. The fourth-order valence-corrected chi connectivity index (χ4v) is 6.72. The first-order valence-electron chi connectivity index (χ1n) is 22.0. The molecule has 0 saturated heterocycles. The zero-order chi connectivity index (χ0) is 42.0. The van der Waals surface area contributed by atoms with Crippen molar-refractivity contribution in [2.24, 2.45) is 11.8 Å². The van der Waals surface area contributed by atoms with Gasteiger partial charge in [-0.2, -0.15) is 0 Å². The highest BCUT2D eigenvalue weighted by Crippen LogP contribution is 2.31. The lowest BCUT2D eigenvalue weighted by atomic mass is 10.0. The summed E-state index contributed by atoms with van der Waals surface area (Å²) < 4.78 is 19.1. The number of benzene rings is 1. The molecule has 0 aliphatic heterocycles. The van der Waals surface area contributed by atoms with E-state index in [1.807, 2.05) is 24.4 Å². The molecule has 326 valence electrons. The number of aryl methyl sites for hydroxylation is 1. The largest absolute Gasteiger partial charge is 0.441 e. The van der Waals surface area contributed by atoms with Crippen LogP contribution in [0.3, 0.4) is 0 Å². The SMILES string of the molecule is CCN(CC)c1ccc2c(C(CCCn3cc(COCCC(=O)NCCCCCCNCC(C)C)nn3)OC(=O)NCCCCCCNCC(C)C)cc(=O)oc2c1. The number of hydrogen-bond acceptors (Lipinski definition) is 11. The predicted octanol–water partition coefficient (Wildman–Crippen LogP) is 7.11. The molecule has 1 unspecified atom stereocenters. The van der Waals surface area contributed by atoms with E-state index in [0.29, 0.717) is 74.2 Å². The van der Waals surface area contributed by atoms with Crippen LogP contribution in [-0.4, -0.2) is 86.0 Å². The van der Waals surface area contributed by atoms with Gasteiger partial charge in [-0.1, -0.05) is 58.6 Å². The molecule has 4 N–H and O–H groups in total. The van der Waals surface area contributed by atoms with Crippen molar-refractivity contribution in [3.8, 4) is 0 Å². The molecule has 14 heteroatoms. The van der Waals surface area contributed by atoms with Crippen molar-refractivity contribution in [1.82, 2.24) is 36.3 Å². The van der Waals surface area contributed by atoms with Crippen LogP contribution in [-0.2, 0) is 27.4 Å². The van der Waals surface area contributed by atoms with Crippen molar-refractivity contribution in [2.45, 2.75) is 131 Å². The summed E-state index contributed by atoms with van der Waals surface area (Å²) >= 11 is 0. The Labute approximate surface area is 346 Å². The van der Waals surface area contributed by atoms with Gasteiger partial charge in [0.05, 0.1) is 19.4 Å². The molecule has 0 radical (unpaired) electrons. The van der Waals surface area contributed by atoms with Crippen LogP contribution in [0.4, 0.5) is 10.5 Å². The Kier molecular flexibility index (Phi) is 23.7. The van der Waals surface area contributed by atoms with E-state index in [1.165, 1.54) is 6.07 Å². The molecule has 2 amide bonds. The number of rotatable bonds is 32. The fraction of sp³-hybridized carbons (Fsp3) is 0.705. The topological polar surface area (TPSA) is 165 Å². The third-order valence-corrected chi connectivity index (χ3v) is 9.91. The Morgan fingerprint density at radius 1 is 0.828 bits per heavy atom. The summed E-state index contributed by atoms with van der Waals surface area (Å²) in [5.74, 6) is 1.30. The van der Waals surface area contributed by atoms with Crippen molar-refractivity contribution < 1.29 is 23.5 Å². The summed E-state index contributed by atoms with van der Waals surface area (Å²) in [5.41, 5.74) is 2.20. The zero-order valence-corrected chi connectivity index (χ0v) is 36.4. The number of ether oxygens (including phenoxy) is 2. The standard InChI is InChI=1S/C44H74N8O6/c1-7-51(8-2)37-19-20-38-39(29-43(54)57-41(38)28-37)40(58-44(55)48-25-16-12-10-14-23-46-31-35(5)6)18-17-26-52-32-36(49-50-52)33-56-27-21-42(53)47-24-15-11-9-13-22-45-30-34(3)4/h19-20,28-29,32,34-35,40,45-46H,7-18,21-27,30-31,33H2,1-6H3,(H,47,53)(H,48,55). The van der Waals surface area contributed by atoms with Gasteiger partial charge in [0.1, 0.15) is 17.4 Å². The summed E-state index contributed by atoms with van der Waals surface area (Å²) in [5, 5.41) is 22.0. The molecular formula is C44H74N8O6. The van der Waals surface area contributed by atoms with E-state index < -0.39 is 17.8 Å². The number of aromatic nitrogens is 3. The van der Waals surface area contributed by atoms with E-state index in [-0.39, 0.29) is 12.5 Å². The molecule has 2 aromatic heterocycles. The van der Waals surface area contributed by atoms with Crippen molar-refractivity contribution in [2.75, 3.05) is 63.9 Å². The molecule has 0 aliphatic rings. The number of nitrogens with one attached hydrogen (secondary N) is 4. The summed E-state index contributed by atoms with van der Waals surface area (Å²) in [6.45, 7) is 21.0. The predicted molar refractivity (Wildman–Crippen MR) is 232 cm³/mol. The minimum Gasteiger partial charge on any atom is -0.441 e. The number of alkyl carbamates (subject to hydrolysis) is 1. The monoisotopic (exact) mass is 811 g/mol. The molecule has 3 rings (SSSR count). The van der Waals surface area contributed by atoms with Crippen molar-refractivity contribution in [3.63, 3.8) is 0 Å². The van der Waals surface area contributed by atoms with E-state index in [4.69, 9.17) is 13.9 Å². The van der Waals surface area contributed by atoms with Gasteiger partial charge >= 0.3 is 11.7 Å². The Morgan fingerprint density at radius 2 is 1.47 bits per heavy atom. The Morgan fingerprint density at radius 3 is 2.10 bits per heavy atom. The first kappa shape index (κ1) is 48.4. The summed E-state index contributed by atoms with van der Waals surface area (Å²) in [6, 6.07) is 7.26. The highest BCUT2D eigenvalue weighted by Gasteiger charge is 2.22. The van der Waals surface area contributed by atoms with Crippen LogP contribution >= 0.6 is 0 Å². The Hall–Kier alpha value is -4.01. The summed E-state index contributed by atoms with van der Waals surface area (Å²) in [6.07, 6.45) is 10.4. The Balaban J connectivity index is 1.48. The van der Waals surface area contributed by atoms with E-state index in [2.05, 4.69) is 78.0 Å². The van der Waals surface area contributed by atoms with E-state index in [9.17, 15) is 14.4 Å². The molecule has 1 atom stereocenters. The van der Waals surface area contributed by atoms with Gasteiger partial charge in [0.15, 0.2) is 0 Å². The number of amides is 2.